The fourth-order valence-electron chi connectivity index (χ4n) is 2.52. The monoisotopic (exact) mass is 216 g/mol. The lowest BCUT2D eigenvalue weighted by Gasteiger charge is -2.27. The molecule has 1 aliphatic rings. The molecule has 0 unspecified atom stereocenters. The minimum atomic E-state index is 0.600. The molecule has 0 spiro atoms. The predicted molar refractivity (Wildman–Crippen MR) is 63.6 cm³/mol. The van der Waals surface area contributed by atoms with Gasteiger partial charge in [-0.1, -0.05) is 6.07 Å². The van der Waals surface area contributed by atoms with E-state index in [1.807, 2.05) is 6.20 Å². The first-order chi connectivity index (χ1) is 7.83. The van der Waals surface area contributed by atoms with Crippen molar-refractivity contribution in [1.82, 2.24) is 10.0 Å². The molecule has 3 nitrogen and oxygen atoms in total. The van der Waals surface area contributed by atoms with Crippen LogP contribution < -0.4 is 0 Å². The maximum atomic E-state index is 9.34. The van der Waals surface area contributed by atoms with Gasteiger partial charge < -0.3 is 10.2 Å². The second kappa shape index (κ2) is 3.92. The topological polar surface area (TPSA) is 39.3 Å². The summed E-state index contributed by atoms with van der Waals surface area (Å²) >= 11 is 0. The van der Waals surface area contributed by atoms with Crippen LogP contribution in [0, 0.1) is 0 Å². The van der Waals surface area contributed by atoms with Gasteiger partial charge in [-0.3, -0.25) is 0 Å². The molecule has 0 atom stereocenters. The Labute approximate surface area is 94.6 Å². The Kier molecular flexibility index (Phi) is 2.42. The number of nitrogens with zero attached hydrogens (tertiary/aromatic N) is 1. The van der Waals surface area contributed by atoms with Gasteiger partial charge in [-0.2, -0.15) is 5.06 Å². The Hall–Kier alpha value is -1.32. The van der Waals surface area contributed by atoms with Crippen LogP contribution >= 0.6 is 0 Å². The van der Waals surface area contributed by atoms with Crippen molar-refractivity contribution in [3.8, 4) is 0 Å². The zero-order valence-corrected chi connectivity index (χ0v) is 9.19. The van der Waals surface area contributed by atoms with Crippen molar-refractivity contribution in [2.24, 2.45) is 0 Å². The van der Waals surface area contributed by atoms with Crippen LogP contribution in [0.4, 0.5) is 0 Å². The van der Waals surface area contributed by atoms with Crippen LogP contribution in [0.25, 0.3) is 10.9 Å². The number of benzene rings is 1. The van der Waals surface area contributed by atoms with Crippen LogP contribution in [0.1, 0.15) is 24.3 Å². The van der Waals surface area contributed by atoms with Gasteiger partial charge in [0.15, 0.2) is 0 Å². The molecule has 84 valence electrons. The fourth-order valence-corrected chi connectivity index (χ4v) is 2.52. The van der Waals surface area contributed by atoms with Crippen LogP contribution in [0.2, 0.25) is 0 Å². The summed E-state index contributed by atoms with van der Waals surface area (Å²) in [7, 11) is 0. The Balaban J connectivity index is 1.87. The highest BCUT2D eigenvalue weighted by atomic mass is 16.5. The lowest BCUT2D eigenvalue weighted by molar-refractivity contribution is -0.106. The number of rotatable bonds is 1. The summed E-state index contributed by atoms with van der Waals surface area (Å²) in [6.45, 7) is 1.58. The molecule has 2 N–H and O–H groups in total. The summed E-state index contributed by atoms with van der Waals surface area (Å²) in [5.41, 5.74) is 2.60. The number of hydrogen-bond donors (Lipinski definition) is 2. The van der Waals surface area contributed by atoms with Gasteiger partial charge in [0.2, 0.25) is 0 Å². The van der Waals surface area contributed by atoms with Gasteiger partial charge in [0.05, 0.1) is 0 Å². The largest absolute Gasteiger partial charge is 0.361 e. The average Bonchev–Trinajstić information content (AvgIpc) is 2.77. The van der Waals surface area contributed by atoms with E-state index in [1.54, 1.807) is 0 Å². The number of fused-ring (bicyclic) bond motifs is 1. The SMILES string of the molecule is ON1CCC(c2ccc3[nH]ccc3c2)CC1. The molecule has 1 saturated heterocycles. The molecule has 3 rings (SSSR count). The summed E-state index contributed by atoms with van der Waals surface area (Å²) in [5.74, 6) is 0.600. The Morgan fingerprint density at radius 2 is 2.00 bits per heavy atom. The molecule has 0 saturated carbocycles. The van der Waals surface area contributed by atoms with E-state index in [1.165, 1.54) is 21.5 Å². The molecule has 1 fully saturated rings. The predicted octanol–water partition coefficient (Wildman–Crippen LogP) is 2.74. The molecule has 1 aromatic heterocycles. The average molecular weight is 216 g/mol. The molecule has 0 radical (unpaired) electrons. The quantitative estimate of drug-likeness (QED) is 0.769. The van der Waals surface area contributed by atoms with E-state index in [9.17, 15) is 5.21 Å². The molecule has 1 aromatic carbocycles. The van der Waals surface area contributed by atoms with Crippen LogP contribution in [-0.2, 0) is 0 Å². The zero-order chi connectivity index (χ0) is 11.0. The second-order valence-corrected chi connectivity index (χ2v) is 4.55. The molecule has 0 amide bonds. The van der Waals surface area contributed by atoms with Gasteiger partial charge in [-0.05, 0) is 47.9 Å². The number of H-pyrrole nitrogens is 1. The van der Waals surface area contributed by atoms with Crippen molar-refractivity contribution < 1.29 is 5.21 Å². The normalized spacial score (nSPS) is 19.3. The van der Waals surface area contributed by atoms with E-state index < -0.39 is 0 Å². The van der Waals surface area contributed by atoms with E-state index in [0.717, 1.165) is 25.9 Å². The maximum absolute atomic E-state index is 9.34. The Bertz CT molecular complexity index is 483. The molecule has 0 aliphatic carbocycles. The van der Waals surface area contributed by atoms with E-state index in [4.69, 9.17) is 0 Å². The number of nitrogens with one attached hydrogen (secondary N) is 1. The molecular weight excluding hydrogens is 200 g/mol. The van der Waals surface area contributed by atoms with Crippen molar-refractivity contribution in [2.75, 3.05) is 13.1 Å². The fraction of sp³-hybridized carbons (Fsp3) is 0.385. The summed E-state index contributed by atoms with van der Waals surface area (Å²) in [6.07, 6.45) is 4.07. The summed E-state index contributed by atoms with van der Waals surface area (Å²) < 4.78 is 0. The smallest absolute Gasteiger partial charge is 0.0454 e. The van der Waals surface area contributed by atoms with Gasteiger partial charge in [-0.25, -0.2) is 0 Å². The van der Waals surface area contributed by atoms with Crippen LogP contribution in [0.5, 0.6) is 0 Å². The van der Waals surface area contributed by atoms with E-state index in [0.29, 0.717) is 5.92 Å². The molecule has 1 aliphatic heterocycles. The van der Waals surface area contributed by atoms with E-state index in [2.05, 4.69) is 29.2 Å². The standard InChI is InChI=1S/C13H16N2O/c16-15-7-4-10(5-8-15)11-1-2-13-12(9-11)3-6-14-13/h1-3,6,9-10,14,16H,4-5,7-8H2. The molecule has 2 heterocycles. The third kappa shape index (κ3) is 1.72. The molecule has 0 bridgehead atoms. The van der Waals surface area contributed by atoms with Crippen molar-refractivity contribution in [2.45, 2.75) is 18.8 Å². The van der Waals surface area contributed by atoms with Gasteiger partial charge in [0.25, 0.3) is 0 Å². The Morgan fingerprint density at radius 3 is 2.81 bits per heavy atom. The summed E-state index contributed by atoms with van der Waals surface area (Å²) in [5, 5.41) is 12.0. The maximum Gasteiger partial charge on any atom is 0.0454 e. The van der Waals surface area contributed by atoms with Crippen molar-refractivity contribution in [3.05, 3.63) is 36.0 Å². The third-order valence-corrected chi connectivity index (χ3v) is 3.52. The first-order valence-corrected chi connectivity index (χ1v) is 5.84. The van der Waals surface area contributed by atoms with Crippen LogP contribution in [0.3, 0.4) is 0 Å². The molecule has 16 heavy (non-hydrogen) atoms. The highest BCUT2D eigenvalue weighted by molar-refractivity contribution is 5.80. The lowest BCUT2D eigenvalue weighted by atomic mass is 9.89. The highest BCUT2D eigenvalue weighted by Crippen LogP contribution is 2.29. The van der Waals surface area contributed by atoms with Crippen molar-refractivity contribution in [1.29, 1.82) is 0 Å². The Morgan fingerprint density at radius 1 is 1.19 bits per heavy atom. The van der Waals surface area contributed by atoms with Crippen molar-refractivity contribution in [3.63, 3.8) is 0 Å². The van der Waals surface area contributed by atoms with Gasteiger partial charge in [0, 0.05) is 24.8 Å². The van der Waals surface area contributed by atoms with E-state index in [-0.39, 0.29) is 0 Å². The lowest BCUT2D eigenvalue weighted by Crippen LogP contribution is -2.29. The highest BCUT2D eigenvalue weighted by Gasteiger charge is 2.19. The van der Waals surface area contributed by atoms with Crippen LogP contribution in [-0.4, -0.2) is 28.3 Å². The first kappa shape index (κ1) is 9.87. The minimum Gasteiger partial charge on any atom is -0.361 e. The number of piperidine rings is 1. The van der Waals surface area contributed by atoms with Gasteiger partial charge >= 0.3 is 0 Å². The number of aromatic nitrogens is 1. The number of hydrogen-bond acceptors (Lipinski definition) is 2. The molecular formula is C13H16N2O. The minimum absolute atomic E-state index is 0.600. The first-order valence-electron chi connectivity index (χ1n) is 5.84. The second-order valence-electron chi connectivity index (χ2n) is 4.55. The van der Waals surface area contributed by atoms with Crippen molar-refractivity contribution >= 4 is 10.9 Å². The summed E-state index contributed by atoms with van der Waals surface area (Å²) in [6, 6.07) is 8.73. The van der Waals surface area contributed by atoms with Crippen LogP contribution in [0.15, 0.2) is 30.5 Å². The number of aromatic amines is 1. The zero-order valence-electron chi connectivity index (χ0n) is 9.19. The number of hydroxylamine groups is 2. The summed E-state index contributed by atoms with van der Waals surface area (Å²) in [4.78, 5) is 3.21. The van der Waals surface area contributed by atoms with Gasteiger partial charge in [0.1, 0.15) is 0 Å². The molecule has 2 aromatic rings. The third-order valence-electron chi connectivity index (χ3n) is 3.52. The molecule has 3 heteroatoms. The van der Waals surface area contributed by atoms with Gasteiger partial charge in [-0.15, -0.1) is 0 Å². The van der Waals surface area contributed by atoms with E-state index >= 15 is 0 Å².